The number of hydrogen-bond donors (Lipinski definition) is 2. The van der Waals surface area contributed by atoms with Crippen LogP contribution in [0.3, 0.4) is 0 Å². The van der Waals surface area contributed by atoms with Gasteiger partial charge in [-0.3, -0.25) is 9.78 Å². The van der Waals surface area contributed by atoms with Gasteiger partial charge >= 0.3 is 5.97 Å². The van der Waals surface area contributed by atoms with Crippen molar-refractivity contribution < 1.29 is 23.5 Å². The van der Waals surface area contributed by atoms with Gasteiger partial charge < -0.3 is 10.4 Å². The molecule has 1 amide bonds. The fourth-order valence-corrected chi connectivity index (χ4v) is 1.69. The lowest BCUT2D eigenvalue weighted by atomic mass is 10.1. The highest BCUT2D eigenvalue weighted by Crippen LogP contribution is 2.15. The lowest BCUT2D eigenvalue weighted by Crippen LogP contribution is -2.25. The van der Waals surface area contributed by atoms with Crippen molar-refractivity contribution in [3.05, 3.63) is 65.0 Å². The summed E-state index contributed by atoms with van der Waals surface area (Å²) in [5.41, 5.74) is -0.354. The van der Waals surface area contributed by atoms with E-state index in [2.05, 4.69) is 10.3 Å². The molecular weight excluding hydrogens is 282 g/mol. The van der Waals surface area contributed by atoms with Gasteiger partial charge in [-0.25, -0.2) is 13.6 Å². The number of hydrogen-bond acceptors (Lipinski definition) is 3. The van der Waals surface area contributed by atoms with E-state index < -0.39 is 34.6 Å². The van der Waals surface area contributed by atoms with Crippen LogP contribution in [0, 0.1) is 11.6 Å². The average molecular weight is 292 g/mol. The van der Waals surface area contributed by atoms with Gasteiger partial charge in [0.05, 0.1) is 11.1 Å². The number of aromatic carboxylic acids is 1. The van der Waals surface area contributed by atoms with Crippen molar-refractivity contribution in [3.63, 3.8) is 0 Å². The number of carbonyl (C=O) groups is 2. The first-order chi connectivity index (χ1) is 9.99. The van der Waals surface area contributed by atoms with Gasteiger partial charge in [-0.15, -0.1) is 0 Å². The molecular formula is C14H10F2N2O3. The van der Waals surface area contributed by atoms with E-state index in [4.69, 9.17) is 5.11 Å². The Morgan fingerprint density at radius 3 is 2.43 bits per heavy atom. The van der Waals surface area contributed by atoms with Crippen LogP contribution in [0.1, 0.15) is 26.3 Å². The Hall–Kier alpha value is -2.83. The molecule has 0 aliphatic rings. The van der Waals surface area contributed by atoms with Crippen LogP contribution in [0.15, 0.2) is 36.7 Å². The Bertz CT molecular complexity index is 690. The summed E-state index contributed by atoms with van der Waals surface area (Å²) in [6, 6.07) is 4.42. The molecule has 2 rings (SSSR count). The van der Waals surface area contributed by atoms with Crippen LogP contribution in [0.4, 0.5) is 8.78 Å². The summed E-state index contributed by atoms with van der Waals surface area (Å²) < 4.78 is 26.2. The number of nitrogens with zero attached hydrogens (tertiary/aromatic N) is 1. The third-order valence-electron chi connectivity index (χ3n) is 2.71. The van der Waals surface area contributed by atoms with Crippen LogP contribution in [-0.4, -0.2) is 22.0 Å². The minimum Gasteiger partial charge on any atom is -0.478 e. The quantitative estimate of drug-likeness (QED) is 0.903. The fourth-order valence-electron chi connectivity index (χ4n) is 1.69. The van der Waals surface area contributed by atoms with Gasteiger partial charge in [-0.1, -0.05) is 6.07 Å². The summed E-state index contributed by atoms with van der Waals surface area (Å²) in [6.07, 6.45) is 3.08. The zero-order valence-corrected chi connectivity index (χ0v) is 10.6. The minimum absolute atomic E-state index is 0.0880. The second kappa shape index (κ2) is 6.08. The molecule has 0 saturated carbocycles. The van der Waals surface area contributed by atoms with E-state index >= 15 is 0 Å². The minimum atomic E-state index is -1.51. The Balaban J connectivity index is 2.22. The topological polar surface area (TPSA) is 79.3 Å². The Kier molecular flexibility index (Phi) is 4.22. The van der Waals surface area contributed by atoms with Crippen LogP contribution in [-0.2, 0) is 6.54 Å². The normalized spacial score (nSPS) is 10.2. The smallest absolute Gasteiger partial charge is 0.336 e. The van der Waals surface area contributed by atoms with Crippen molar-refractivity contribution in [2.24, 2.45) is 0 Å². The highest BCUT2D eigenvalue weighted by molar-refractivity contribution is 6.04. The molecule has 0 radical (unpaired) electrons. The predicted octanol–water partition coefficient (Wildman–Crippen LogP) is 1.99. The lowest BCUT2D eigenvalue weighted by Gasteiger charge is -2.08. The number of nitrogens with one attached hydrogen (secondary N) is 1. The van der Waals surface area contributed by atoms with Gasteiger partial charge in [-0.05, 0) is 23.8 Å². The molecule has 5 nitrogen and oxygen atoms in total. The van der Waals surface area contributed by atoms with Gasteiger partial charge in [0.25, 0.3) is 5.91 Å². The second-order valence-electron chi connectivity index (χ2n) is 4.16. The molecule has 2 N–H and O–H groups in total. The van der Waals surface area contributed by atoms with Gasteiger partial charge in [0.15, 0.2) is 11.6 Å². The van der Waals surface area contributed by atoms with E-state index in [1.165, 1.54) is 6.20 Å². The molecule has 0 aliphatic carbocycles. The van der Waals surface area contributed by atoms with E-state index in [0.29, 0.717) is 17.7 Å². The van der Waals surface area contributed by atoms with E-state index in [-0.39, 0.29) is 6.54 Å². The molecule has 1 aromatic carbocycles. The first-order valence-corrected chi connectivity index (χ1v) is 5.88. The van der Waals surface area contributed by atoms with Crippen LogP contribution in [0.25, 0.3) is 0 Å². The molecule has 1 aromatic heterocycles. The van der Waals surface area contributed by atoms with Crippen LogP contribution in [0.2, 0.25) is 0 Å². The molecule has 21 heavy (non-hydrogen) atoms. The number of aromatic nitrogens is 1. The molecule has 7 heteroatoms. The van der Waals surface area contributed by atoms with E-state index in [1.54, 1.807) is 18.3 Å². The van der Waals surface area contributed by atoms with Gasteiger partial charge in [0.2, 0.25) is 0 Å². The molecule has 0 bridgehead atoms. The van der Waals surface area contributed by atoms with Crippen molar-refractivity contribution in [1.29, 1.82) is 0 Å². The summed E-state index contributed by atoms with van der Waals surface area (Å²) in [5.74, 6) is -4.93. The molecule has 1 heterocycles. The zero-order valence-electron chi connectivity index (χ0n) is 10.6. The van der Waals surface area contributed by atoms with E-state index in [9.17, 15) is 18.4 Å². The van der Waals surface area contributed by atoms with Crippen molar-refractivity contribution in [3.8, 4) is 0 Å². The first kappa shape index (κ1) is 14.6. The average Bonchev–Trinajstić information content (AvgIpc) is 2.48. The van der Waals surface area contributed by atoms with Crippen molar-refractivity contribution in [2.45, 2.75) is 6.54 Å². The molecule has 0 aliphatic heterocycles. The SMILES string of the molecule is O=C(O)c1cc(F)c(F)cc1C(=O)NCc1cccnc1. The maximum Gasteiger partial charge on any atom is 0.336 e. The lowest BCUT2D eigenvalue weighted by molar-refractivity contribution is 0.0690. The number of benzene rings is 1. The number of amides is 1. The summed E-state index contributed by atoms with van der Waals surface area (Å²) in [4.78, 5) is 26.8. The van der Waals surface area contributed by atoms with Crippen LogP contribution >= 0.6 is 0 Å². The van der Waals surface area contributed by atoms with Gasteiger partial charge in [0, 0.05) is 18.9 Å². The molecule has 0 unspecified atom stereocenters. The molecule has 2 aromatic rings. The second-order valence-corrected chi connectivity index (χ2v) is 4.16. The Morgan fingerprint density at radius 2 is 1.86 bits per heavy atom. The van der Waals surface area contributed by atoms with Crippen molar-refractivity contribution in [1.82, 2.24) is 10.3 Å². The molecule has 0 saturated heterocycles. The summed E-state index contributed by atoms with van der Waals surface area (Å²) in [5, 5.41) is 11.4. The molecule has 0 fully saturated rings. The van der Waals surface area contributed by atoms with Gasteiger partial charge in [0.1, 0.15) is 0 Å². The Labute approximate surface area is 118 Å². The summed E-state index contributed by atoms with van der Waals surface area (Å²) >= 11 is 0. The van der Waals surface area contributed by atoms with Crippen molar-refractivity contribution >= 4 is 11.9 Å². The standard InChI is InChI=1S/C14H10F2N2O3/c15-11-4-9(10(14(20)21)5-12(11)16)13(19)18-7-8-2-1-3-17-6-8/h1-6H,7H2,(H,18,19)(H,20,21). The van der Waals surface area contributed by atoms with E-state index in [1.807, 2.05) is 0 Å². The van der Waals surface area contributed by atoms with E-state index in [0.717, 1.165) is 0 Å². The molecule has 0 spiro atoms. The molecule has 108 valence electrons. The largest absolute Gasteiger partial charge is 0.478 e. The molecule has 0 atom stereocenters. The maximum absolute atomic E-state index is 13.2. The first-order valence-electron chi connectivity index (χ1n) is 5.88. The van der Waals surface area contributed by atoms with Crippen molar-refractivity contribution in [2.75, 3.05) is 0 Å². The third kappa shape index (κ3) is 3.38. The monoisotopic (exact) mass is 292 g/mol. The number of pyridine rings is 1. The number of halogens is 2. The number of carboxylic acid groups (broad SMARTS) is 1. The number of rotatable bonds is 4. The van der Waals surface area contributed by atoms with Gasteiger partial charge in [-0.2, -0.15) is 0 Å². The predicted molar refractivity (Wildman–Crippen MR) is 68.7 cm³/mol. The fraction of sp³-hybridized carbons (Fsp3) is 0.0714. The Morgan fingerprint density at radius 1 is 1.19 bits per heavy atom. The zero-order chi connectivity index (χ0) is 15.4. The summed E-state index contributed by atoms with van der Waals surface area (Å²) in [7, 11) is 0. The highest BCUT2D eigenvalue weighted by atomic mass is 19.2. The number of carbonyl (C=O) groups excluding carboxylic acids is 1. The van der Waals surface area contributed by atoms with Crippen LogP contribution < -0.4 is 5.32 Å². The van der Waals surface area contributed by atoms with Crippen LogP contribution in [0.5, 0.6) is 0 Å². The third-order valence-corrected chi connectivity index (χ3v) is 2.71. The number of carboxylic acids is 1. The summed E-state index contributed by atoms with van der Waals surface area (Å²) in [6.45, 7) is 0.0880. The highest BCUT2D eigenvalue weighted by Gasteiger charge is 2.20. The maximum atomic E-state index is 13.2.